The van der Waals surface area contributed by atoms with Crippen molar-refractivity contribution in [2.24, 2.45) is 0 Å². The van der Waals surface area contributed by atoms with Crippen molar-refractivity contribution in [2.75, 3.05) is 27.2 Å². The van der Waals surface area contributed by atoms with Gasteiger partial charge >= 0.3 is 0 Å². The van der Waals surface area contributed by atoms with Gasteiger partial charge in [0.15, 0.2) is 0 Å². The van der Waals surface area contributed by atoms with Crippen LogP contribution in [0.1, 0.15) is 40.0 Å². The van der Waals surface area contributed by atoms with E-state index < -0.39 is 0 Å². The molecule has 0 bridgehead atoms. The average molecular weight is 187 g/mol. The third-order valence-corrected chi connectivity index (χ3v) is 2.52. The summed E-state index contributed by atoms with van der Waals surface area (Å²) in [4.78, 5) is 2.15. The first-order valence-corrected chi connectivity index (χ1v) is 5.32. The predicted molar refractivity (Wildman–Crippen MR) is 58.1 cm³/mol. The molecule has 0 aromatic carbocycles. The standard InChI is InChI=1S/C11H25NO/c1-6-8-11(3,7-2)13-10-9-12(4)5/h6-10H2,1-5H3. The second-order valence-electron chi connectivity index (χ2n) is 4.21. The molecule has 13 heavy (non-hydrogen) atoms. The zero-order valence-corrected chi connectivity index (χ0v) is 9.89. The molecule has 0 aliphatic carbocycles. The van der Waals surface area contributed by atoms with Crippen LogP contribution in [0, 0.1) is 0 Å². The maximum atomic E-state index is 5.89. The molecule has 1 atom stereocenters. The Morgan fingerprint density at radius 3 is 2.23 bits per heavy atom. The molecule has 0 amide bonds. The lowest BCUT2D eigenvalue weighted by Gasteiger charge is -2.29. The van der Waals surface area contributed by atoms with Gasteiger partial charge in [0.1, 0.15) is 0 Å². The van der Waals surface area contributed by atoms with E-state index in [4.69, 9.17) is 4.74 Å². The number of nitrogens with zero attached hydrogens (tertiary/aromatic N) is 1. The van der Waals surface area contributed by atoms with E-state index in [2.05, 4.69) is 39.8 Å². The average Bonchev–Trinajstić information content (AvgIpc) is 2.04. The van der Waals surface area contributed by atoms with Gasteiger partial charge in [-0.3, -0.25) is 0 Å². The number of rotatable bonds is 7. The van der Waals surface area contributed by atoms with Crippen molar-refractivity contribution in [1.29, 1.82) is 0 Å². The number of hydrogen-bond acceptors (Lipinski definition) is 2. The van der Waals surface area contributed by atoms with Crippen LogP contribution in [0.4, 0.5) is 0 Å². The summed E-state index contributed by atoms with van der Waals surface area (Å²) in [6.07, 6.45) is 3.47. The Hall–Kier alpha value is -0.0800. The first-order chi connectivity index (χ1) is 6.04. The van der Waals surface area contributed by atoms with Crippen molar-refractivity contribution in [2.45, 2.75) is 45.6 Å². The molecule has 0 spiro atoms. The van der Waals surface area contributed by atoms with Gasteiger partial charge in [0.2, 0.25) is 0 Å². The second-order valence-corrected chi connectivity index (χ2v) is 4.21. The third-order valence-electron chi connectivity index (χ3n) is 2.52. The van der Waals surface area contributed by atoms with Crippen molar-refractivity contribution in [3.8, 4) is 0 Å². The fourth-order valence-corrected chi connectivity index (χ4v) is 1.35. The Balaban J connectivity index is 3.69. The molecule has 0 fully saturated rings. The first-order valence-electron chi connectivity index (χ1n) is 5.32. The zero-order valence-electron chi connectivity index (χ0n) is 9.89. The lowest BCUT2D eigenvalue weighted by Crippen LogP contribution is -2.31. The van der Waals surface area contributed by atoms with Crippen LogP contribution >= 0.6 is 0 Å². The highest BCUT2D eigenvalue weighted by Gasteiger charge is 2.20. The number of hydrogen-bond donors (Lipinski definition) is 0. The van der Waals surface area contributed by atoms with Gasteiger partial charge in [-0.1, -0.05) is 20.3 Å². The van der Waals surface area contributed by atoms with Crippen molar-refractivity contribution >= 4 is 0 Å². The van der Waals surface area contributed by atoms with Crippen LogP contribution in [0.15, 0.2) is 0 Å². The van der Waals surface area contributed by atoms with E-state index in [1.54, 1.807) is 0 Å². The molecule has 0 radical (unpaired) electrons. The largest absolute Gasteiger partial charge is 0.374 e. The molecule has 2 nitrogen and oxygen atoms in total. The van der Waals surface area contributed by atoms with Gasteiger partial charge < -0.3 is 9.64 Å². The van der Waals surface area contributed by atoms with Crippen molar-refractivity contribution in [1.82, 2.24) is 4.90 Å². The fourth-order valence-electron chi connectivity index (χ4n) is 1.35. The van der Waals surface area contributed by atoms with Crippen molar-refractivity contribution < 1.29 is 4.74 Å². The summed E-state index contributed by atoms with van der Waals surface area (Å²) in [5.74, 6) is 0. The summed E-state index contributed by atoms with van der Waals surface area (Å²) in [7, 11) is 4.15. The van der Waals surface area contributed by atoms with Crippen molar-refractivity contribution in [3.63, 3.8) is 0 Å². The Morgan fingerprint density at radius 1 is 1.23 bits per heavy atom. The lowest BCUT2D eigenvalue weighted by molar-refractivity contribution is -0.0450. The fraction of sp³-hybridized carbons (Fsp3) is 1.00. The molecular weight excluding hydrogens is 162 g/mol. The van der Waals surface area contributed by atoms with E-state index in [1.807, 2.05) is 0 Å². The molecule has 0 saturated heterocycles. The Bertz CT molecular complexity index is 125. The Morgan fingerprint density at radius 2 is 1.85 bits per heavy atom. The minimum atomic E-state index is 0.102. The van der Waals surface area contributed by atoms with Crippen LogP contribution in [0.2, 0.25) is 0 Å². The van der Waals surface area contributed by atoms with Gasteiger partial charge in [0, 0.05) is 6.54 Å². The molecule has 0 rings (SSSR count). The van der Waals surface area contributed by atoms with E-state index in [1.165, 1.54) is 6.42 Å². The third kappa shape index (κ3) is 6.05. The highest BCUT2D eigenvalue weighted by Crippen LogP contribution is 2.21. The molecule has 0 aliphatic rings. The van der Waals surface area contributed by atoms with E-state index in [9.17, 15) is 0 Å². The predicted octanol–water partition coefficient (Wildman–Crippen LogP) is 2.53. The first kappa shape index (κ1) is 12.9. The van der Waals surface area contributed by atoms with E-state index in [-0.39, 0.29) is 5.60 Å². The molecule has 0 aliphatic heterocycles. The minimum absolute atomic E-state index is 0.102. The van der Waals surface area contributed by atoms with Crippen LogP contribution in [-0.4, -0.2) is 37.7 Å². The maximum Gasteiger partial charge on any atom is 0.0652 e. The van der Waals surface area contributed by atoms with Gasteiger partial charge in [0.05, 0.1) is 12.2 Å². The van der Waals surface area contributed by atoms with E-state index in [0.717, 1.165) is 26.0 Å². The molecule has 2 heteroatoms. The zero-order chi connectivity index (χ0) is 10.3. The molecule has 0 saturated carbocycles. The van der Waals surface area contributed by atoms with Gasteiger partial charge in [-0.25, -0.2) is 0 Å². The van der Waals surface area contributed by atoms with Gasteiger partial charge in [-0.05, 0) is 33.9 Å². The molecule has 1 unspecified atom stereocenters. The molecule has 80 valence electrons. The Kier molecular flexibility index (Phi) is 6.35. The van der Waals surface area contributed by atoms with Crippen LogP contribution in [0.3, 0.4) is 0 Å². The summed E-state index contributed by atoms with van der Waals surface area (Å²) in [6.45, 7) is 8.48. The van der Waals surface area contributed by atoms with Gasteiger partial charge in [0.25, 0.3) is 0 Å². The maximum absolute atomic E-state index is 5.89. The summed E-state index contributed by atoms with van der Waals surface area (Å²) in [5.41, 5.74) is 0.102. The molecule has 0 aromatic heterocycles. The lowest BCUT2D eigenvalue weighted by atomic mass is 9.97. The minimum Gasteiger partial charge on any atom is -0.374 e. The number of likely N-dealkylation sites (N-methyl/N-ethyl adjacent to an activating group) is 1. The quantitative estimate of drug-likeness (QED) is 0.607. The van der Waals surface area contributed by atoms with Gasteiger partial charge in [-0.2, -0.15) is 0 Å². The highest BCUT2D eigenvalue weighted by atomic mass is 16.5. The number of ether oxygens (including phenoxy) is 1. The normalized spacial score (nSPS) is 16.2. The smallest absolute Gasteiger partial charge is 0.0652 e. The molecular formula is C11H25NO. The van der Waals surface area contributed by atoms with Crippen LogP contribution in [0.25, 0.3) is 0 Å². The topological polar surface area (TPSA) is 12.5 Å². The van der Waals surface area contributed by atoms with E-state index >= 15 is 0 Å². The van der Waals surface area contributed by atoms with Crippen LogP contribution in [-0.2, 0) is 4.74 Å². The summed E-state index contributed by atoms with van der Waals surface area (Å²) >= 11 is 0. The highest BCUT2D eigenvalue weighted by molar-refractivity contribution is 4.72. The van der Waals surface area contributed by atoms with Crippen molar-refractivity contribution in [3.05, 3.63) is 0 Å². The van der Waals surface area contributed by atoms with Crippen LogP contribution < -0.4 is 0 Å². The Labute approximate surface area is 83.3 Å². The van der Waals surface area contributed by atoms with Gasteiger partial charge in [-0.15, -0.1) is 0 Å². The SMILES string of the molecule is CCCC(C)(CC)OCCN(C)C. The summed E-state index contributed by atoms with van der Waals surface area (Å²) < 4.78 is 5.89. The molecule has 0 aromatic rings. The van der Waals surface area contributed by atoms with Crippen LogP contribution in [0.5, 0.6) is 0 Å². The summed E-state index contributed by atoms with van der Waals surface area (Å²) in [5, 5.41) is 0. The van der Waals surface area contributed by atoms with E-state index in [0.29, 0.717) is 0 Å². The monoisotopic (exact) mass is 187 g/mol. The second kappa shape index (κ2) is 6.39. The molecule has 0 heterocycles. The summed E-state index contributed by atoms with van der Waals surface area (Å²) in [6, 6.07) is 0. The molecule has 0 N–H and O–H groups in total.